The summed E-state index contributed by atoms with van der Waals surface area (Å²) in [6, 6.07) is 75.2. The van der Waals surface area contributed by atoms with Crippen LogP contribution in [0.15, 0.2) is 206 Å². The van der Waals surface area contributed by atoms with Gasteiger partial charge in [-0.3, -0.25) is 0 Å². The summed E-state index contributed by atoms with van der Waals surface area (Å²) in [6.45, 7) is 0. The predicted molar refractivity (Wildman–Crippen MR) is 237 cm³/mol. The Hall–Kier alpha value is -6.94. The SMILES string of the molecule is c1ccc(-c2ccc(N(c3ccc(-c4cccc5ccccc45)cc3)c3cc(-n4c5ccccc5c5ccccc54)cc4c3sc3ccccc34)cc2)cc1. The van der Waals surface area contributed by atoms with Gasteiger partial charge in [0.15, 0.2) is 0 Å². The Labute approximate surface area is 323 Å². The lowest BCUT2D eigenvalue weighted by Gasteiger charge is -2.27. The van der Waals surface area contributed by atoms with E-state index in [1.807, 2.05) is 11.3 Å². The second-order valence-electron chi connectivity index (χ2n) is 14.1. The lowest BCUT2D eigenvalue weighted by molar-refractivity contribution is 1.18. The van der Waals surface area contributed by atoms with Gasteiger partial charge < -0.3 is 9.47 Å². The zero-order valence-electron chi connectivity index (χ0n) is 29.9. The van der Waals surface area contributed by atoms with Crippen LogP contribution in [0.2, 0.25) is 0 Å². The number of benzene rings is 9. The maximum Gasteiger partial charge on any atom is 0.0661 e. The standard InChI is InChI=1S/C52H34N2S/c1-2-13-35(14-3-1)36-25-29-39(30-26-36)53(40-31-27-38(28-32-40)43-21-12-16-37-15-4-5-17-42(37)43)50-34-41(33-47-46-20-8-11-24-51(46)55-52(47)50)54-48-22-9-6-18-44(48)45-19-7-10-23-49(45)54/h1-34H. The van der Waals surface area contributed by atoms with E-state index in [0.717, 1.165) is 22.7 Å². The van der Waals surface area contributed by atoms with Crippen molar-refractivity contribution in [3.8, 4) is 27.9 Å². The molecule has 0 saturated carbocycles. The molecule has 0 fully saturated rings. The van der Waals surface area contributed by atoms with Gasteiger partial charge in [0.25, 0.3) is 0 Å². The molecule has 11 aromatic rings. The normalized spacial score (nSPS) is 11.6. The molecular weight excluding hydrogens is 685 g/mol. The summed E-state index contributed by atoms with van der Waals surface area (Å²) in [5, 5.41) is 7.56. The van der Waals surface area contributed by atoms with Gasteiger partial charge in [-0.2, -0.15) is 0 Å². The van der Waals surface area contributed by atoms with Crippen molar-refractivity contribution in [2.24, 2.45) is 0 Å². The molecule has 0 radical (unpaired) electrons. The van der Waals surface area contributed by atoms with Crippen molar-refractivity contribution < 1.29 is 0 Å². The Morgan fingerprint density at radius 1 is 0.382 bits per heavy atom. The summed E-state index contributed by atoms with van der Waals surface area (Å²) < 4.78 is 4.99. The third kappa shape index (κ3) is 5.24. The van der Waals surface area contributed by atoms with E-state index in [9.17, 15) is 0 Å². The van der Waals surface area contributed by atoms with Crippen molar-refractivity contribution >= 4 is 81.1 Å². The van der Waals surface area contributed by atoms with Gasteiger partial charge in [0.05, 0.1) is 21.4 Å². The van der Waals surface area contributed by atoms with Crippen LogP contribution in [0.1, 0.15) is 0 Å². The van der Waals surface area contributed by atoms with E-state index in [1.54, 1.807) is 0 Å². The summed E-state index contributed by atoms with van der Waals surface area (Å²) >= 11 is 1.87. The van der Waals surface area contributed by atoms with Crippen molar-refractivity contribution in [3.63, 3.8) is 0 Å². The van der Waals surface area contributed by atoms with Gasteiger partial charge in [-0.05, 0) is 87.6 Å². The van der Waals surface area contributed by atoms with Crippen LogP contribution in [0.25, 0.3) is 80.7 Å². The molecule has 55 heavy (non-hydrogen) atoms. The van der Waals surface area contributed by atoms with Crippen molar-refractivity contribution in [1.82, 2.24) is 4.57 Å². The summed E-state index contributed by atoms with van der Waals surface area (Å²) in [5.41, 5.74) is 11.8. The highest BCUT2D eigenvalue weighted by molar-refractivity contribution is 7.26. The first-order valence-corrected chi connectivity index (χ1v) is 19.6. The number of hydrogen-bond acceptors (Lipinski definition) is 2. The minimum Gasteiger partial charge on any atom is -0.309 e. The lowest BCUT2D eigenvalue weighted by Crippen LogP contribution is -2.11. The van der Waals surface area contributed by atoms with Crippen molar-refractivity contribution in [1.29, 1.82) is 0 Å². The topological polar surface area (TPSA) is 8.17 Å². The van der Waals surface area contributed by atoms with E-state index in [2.05, 4.69) is 216 Å². The number of anilines is 3. The zero-order chi connectivity index (χ0) is 36.3. The number of nitrogens with zero attached hydrogens (tertiary/aromatic N) is 2. The zero-order valence-corrected chi connectivity index (χ0v) is 30.7. The van der Waals surface area contributed by atoms with Gasteiger partial charge in [-0.1, -0.05) is 152 Å². The molecule has 3 heteroatoms. The van der Waals surface area contributed by atoms with Crippen molar-refractivity contribution in [2.45, 2.75) is 0 Å². The molecule has 0 spiro atoms. The van der Waals surface area contributed by atoms with Crippen LogP contribution < -0.4 is 4.90 Å². The number of rotatable bonds is 6. The first-order valence-electron chi connectivity index (χ1n) is 18.8. The molecule has 0 atom stereocenters. The van der Waals surface area contributed by atoms with Crippen LogP contribution in [0.3, 0.4) is 0 Å². The fourth-order valence-corrected chi connectivity index (χ4v) is 9.61. The van der Waals surface area contributed by atoms with Crippen LogP contribution in [0.4, 0.5) is 17.1 Å². The second-order valence-corrected chi connectivity index (χ2v) is 15.2. The number of thiophene rings is 1. The highest BCUT2D eigenvalue weighted by Crippen LogP contribution is 2.47. The number of aromatic nitrogens is 1. The first-order chi connectivity index (χ1) is 27.3. The van der Waals surface area contributed by atoms with Gasteiger partial charge in [-0.15, -0.1) is 11.3 Å². The van der Waals surface area contributed by atoms with Gasteiger partial charge >= 0.3 is 0 Å². The molecule has 11 rings (SSSR count). The van der Waals surface area contributed by atoms with E-state index in [4.69, 9.17) is 0 Å². The molecule has 2 nitrogen and oxygen atoms in total. The summed E-state index contributed by atoms with van der Waals surface area (Å²) in [4.78, 5) is 2.46. The Balaban J connectivity index is 1.17. The molecule has 0 N–H and O–H groups in total. The molecule has 2 heterocycles. The van der Waals surface area contributed by atoms with Crippen LogP contribution in [0.5, 0.6) is 0 Å². The quantitative estimate of drug-likeness (QED) is 0.166. The Kier molecular flexibility index (Phi) is 7.39. The summed E-state index contributed by atoms with van der Waals surface area (Å²) in [6.07, 6.45) is 0. The predicted octanol–water partition coefficient (Wildman–Crippen LogP) is 15.1. The average Bonchev–Trinajstić information content (AvgIpc) is 3.80. The van der Waals surface area contributed by atoms with E-state index >= 15 is 0 Å². The fourth-order valence-electron chi connectivity index (χ4n) is 8.42. The molecule has 0 aliphatic carbocycles. The molecule has 2 aromatic heterocycles. The second kappa shape index (κ2) is 12.9. The maximum atomic E-state index is 2.46. The molecule has 0 amide bonds. The highest BCUT2D eigenvalue weighted by atomic mass is 32.1. The molecule has 0 saturated heterocycles. The maximum absolute atomic E-state index is 2.46. The molecule has 258 valence electrons. The van der Waals surface area contributed by atoms with Crippen LogP contribution >= 0.6 is 11.3 Å². The van der Waals surface area contributed by atoms with Crippen LogP contribution in [-0.4, -0.2) is 4.57 Å². The van der Waals surface area contributed by atoms with Gasteiger partial charge in [0.2, 0.25) is 0 Å². The minimum atomic E-state index is 1.11. The third-order valence-corrected chi connectivity index (χ3v) is 12.2. The Morgan fingerprint density at radius 3 is 1.64 bits per heavy atom. The monoisotopic (exact) mass is 718 g/mol. The lowest BCUT2D eigenvalue weighted by atomic mass is 9.98. The smallest absolute Gasteiger partial charge is 0.0661 e. The molecule has 0 bridgehead atoms. The third-order valence-electron chi connectivity index (χ3n) is 11.0. The average molecular weight is 719 g/mol. The Bertz CT molecular complexity index is 3130. The van der Waals surface area contributed by atoms with Crippen molar-refractivity contribution in [2.75, 3.05) is 4.90 Å². The molecule has 9 aromatic carbocycles. The molecule has 0 unspecified atom stereocenters. The van der Waals surface area contributed by atoms with Gasteiger partial charge in [-0.25, -0.2) is 0 Å². The number of fused-ring (bicyclic) bond motifs is 7. The van der Waals surface area contributed by atoms with Crippen LogP contribution in [-0.2, 0) is 0 Å². The highest BCUT2D eigenvalue weighted by Gasteiger charge is 2.22. The number of hydrogen-bond donors (Lipinski definition) is 0. The summed E-state index contributed by atoms with van der Waals surface area (Å²) in [5.74, 6) is 0. The van der Waals surface area contributed by atoms with E-state index < -0.39 is 0 Å². The fraction of sp³-hybridized carbons (Fsp3) is 0. The van der Waals surface area contributed by atoms with Crippen molar-refractivity contribution in [3.05, 3.63) is 206 Å². The molecular formula is C52H34N2S. The Morgan fingerprint density at radius 2 is 0.927 bits per heavy atom. The van der Waals surface area contributed by atoms with Gasteiger partial charge in [0, 0.05) is 43.3 Å². The van der Waals surface area contributed by atoms with E-state index in [-0.39, 0.29) is 0 Å². The van der Waals surface area contributed by atoms with Gasteiger partial charge in [0.1, 0.15) is 0 Å². The summed E-state index contributed by atoms with van der Waals surface area (Å²) in [7, 11) is 0. The minimum absolute atomic E-state index is 1.11. The molecule has 0 aliphatic rings. The largest absolute Gasteiger partial charge is 0.309 e. The van der Waals surface area contributed by atoms with Crippen LogP contribution in [0, 0.1) is 0 Å². The number of para-hydroxylation sites is 2. The first kappa shape index (κ1) is 31.6. The van der Waals surface area contributed by atoms with E-state index in [0.29, 0.717) is 0 Å². The molecule has 0 aliphatic heterocycles. The van der Waals surface area contributed by atoms with E-state index in [1.165, 1.54) is 75.0 Å².